The monoisotopic (exact) mass is 219 g/mol. The van der Waals surface area contributed by atoms with Crippen LogP contribution in [-0.4, -0.2) is 19.0 Å². The summed E-state index contributed by atoms with van der Waals surface area (Å²) in [5, 5.41) is 0. The Balaban J connectivity index is 2.27. The van der Waals surface area contributed by atoms with E-state index in [1.165, 1.54) is 0 Å². The fourth-order valence-electron chi connectivity index (χ4n) is 2.12. The Morgan fingerprint density at radius 3 is 2.69 bits per heavy atom. The molecular formula is C12H17N3O. The highest BCUT2D eigenvalue weighted by atomic mass is 16.2. The fourth-order valence-corrected chi connectivity index (χ4v) is 2.12. The van der Waals surface area contributed by atoms with Gasteiger partial charge >= 0.3 is 0 Å². The highest BCUT2D eigenvalue weighted by Gasteiger charge is 2.30. The molecule has 0 aliphatic carbocycles. The molecule has 1 amide bonds. The van der Waals surface area contributed by atoms with Crippen molar-refractivity contribution < 1.29 is 4.79 Å². The smallest absolute Gasteiger partial charge is 0.227 e. The standard InChI is InChI=1S/C12H17N3O/c13-6-9-5-12(16)15(8-9)11-4-2-1-3-10(11)7-14/h1-4,9H,5-8,13-14H2. The van der Waals surface area contributed by atoms with Gasteiger partial charge in [-0.15, -0.1) is 0 Å². The minimum absolute atomic E-state index is 0.149. The third kappa shape index (κ3) is 1.94. The molecule has 0 spiro atoms. The number of amides is 1. The summed E-state index contributed by atoms with van der Waals surface area (Å²) in [7, 11) is 0. The molecule has 86 valence electrons. The second-order valence-corrected chi connectivity index (χ2v) is 4.14. The molecule has 2 rings (SSSR count). The van der Waals surface area contributed by atoms with Crippen LogP contribution in [0.15, 0.2) is 24.3 Å². The van der Waals surface area contributed by atoms with Crippen molar-refractivity contribution in [1.82, 2.24) is 0 Å². The molecule has 1 aromatic rings. The summed E-state index contributed by atoms with van der Waals surface area (Å²) < 4.78 is 0. The van der Waals surface area contributed by atoms with E-state index in [2.05, 4.69) is 0 Å². The Morgan fingerprint density at radius 2 is 2.06 bits per heavy atom. The molecule has 1 atom stereocenters. The summed E-state index contributed by atoms with van der Waals surface area (Å²) in [6.07, 6.45) is 0.551. The van der Waals surface area contributed by atoms with Gasteiger partial charge in [-0.2, -0.15) is 0 Å². The van der Waals surface area contributed by atoms with Crippen molar-refractivity contribution in [3.8, 4) is 0 Å². The van der Waals surface area contributed by atoms with Crippen molar-refractivity contribution >= 4 is 11.6 Å². The largest absolute Gasteiger partial charge is 0.330 e. The maximum Gasteiger partial charge on any atom is 0.227 e. The summed E-state index contributed by atoms with van der Waals surface area (Å²) in [6.45, 7) is 1.73. The molecule has 0 bridgehead atoms. The molecular weight excluding hydrogens is 202 g/mol. The molecule has 4 heteroatoms. The van der Waals surface area contributed by atoms with Crippen molar-refractivity contribution in [3.05, 3.63) is 29.8 Å². The number of carbonyl (C=O) groups excluding carboxylic acids is 1. The number of nitrogens with two attached hydrogens (primary N) is 2. The molecule has 1 heterocycles. The van der Waals surface area contributed by atoms with Crippen LogP contribution < -0.4 is 16.4 Å². The average molecular weight is 219 g/mol. The van der Waals surface area contributed by atoms with Crippen LogP contribution in [0.2, 0.25) is 0 Å². The van der Waals surface area contributed by atoms with Crippen molar-refractivity contribution in [1.29, 1.82) is 0 Å². The molecule has 0 radical (unpaired) electrons. The van der Waals surface area contributed by atoms with Gasteiger partial charge in [0.2, 0.25) is 5.91 Å². The van der Waals surface area contributed by atoms with Gasteiger partial charge in [0.25, 0.3) is 0 Å². The van der Waals surface area contributed by atoms with Gasteiger partial charge < -0.3 is 16.4 Å². The molecule has 0 saturated carbocycles. The lowest BCUT2D eigenvalue weighted by Gasteiger charge is -2.19. The van der Waals surface area contributed by atoms with Gasteiger partial charge in [-0.1, -0.05) is 18.2 Å². The van der Waals surface area contributed by atoms with E-state index in [4.69, 9.17) is 11.5 Å². The van der Waals surface area contributed by atoms with E-state index in [0.717, 1.165) is 11.3 Å². The Kier molecular flexibility index (Phi) is 3.22. The summed E-state index contributed by atoms with van der Waals surface area (Å²) >= 11 is 0. The SMILES string of the molecule is NCc1ccccc1N1CC(CN)CC1=O. The minimum atomic E-state index is 0.149. The first-order valence-corrected chi connectivity index (χ1v) is 5.54. The Labute approximate surface area is 95.2 Å². The predicted molar refractivity (Wildman–Crippen MR) is 63.8 cm³/mol. The zero-order valence-electron chi connectivity index (χ0n) is 9.23. The van der Waals surface area contributed by atoms with Gasteiger partial charge in [-0.3, -0.25) is 4.79 Å². The normalized spacial score (nSPS) is 20.5. The molecule has 4 N–H and O–H groups in total. The summed E-state index contributed by atoms with van der Waals surface area (Å²) in [4.78, 5) is 13.6. The van der Waals surface area contributed by atoms with Crippen LogP contribution in [0.5, 0.6) is 0 Å². The van der Waals surface area contributed by atoms with Gasteiger partial charge in [0.1, 0.15) is 0 Å². The van der Waals surface area contributed by atoms with Gasteiger partial charge in [0.05, 0.1) is 0 Å². The van der Waals surface area contributed by atoms with Crippen LogP contribution in [0.3, 0.4) is 0 Å². The number of nitrogens with zero attached hydrogens (tertiary/aromatic N) is 1. The number of benzene rings is 1. The highest BCUT2D eigenvalue weighted by molar-refractivity contribution is 5.96. The van der Waals surface area contributed by atoms with Crippen LogP contribution in [-0.2, 0) is 11.3 Å². The van der Waals surface area contributed by atoms with Crippen molar-refractivity contribution in [2.45, 2.75) is 13.0 Å². The number of hydrogen-bond acceptors (Lipinski definition) is 3. The van der Waals surface area contributed by atoms with E-state index in [0.29, 0.717) is 26.1 Å². The third-order valence-corrected chi connectivity index (χ3v) is 3.04. The van der Waals surface area contributed by atoms with Gasteiger partial charge in [0.15, 0.2) is 0 Å². The maximum absolute atomic E-state index is 11.8. The van der Waals surface area contributed by atoms with Crippen LogP contribution in [0.4, 0.5) is 5.69 Å². The van der Waals surface area contributed by atoms with Gasteiger partial charge in [-0.25, -0.2) is 0 Å². The van der Waals surface area contributed by atoms with Gasteiger partial charge in [-0.05, 0) is 24.1 Å². The molecule has 1 saturated heterocycles. The Bertz CT molecular complexity index is 392. The first-order valence-electron chi connectivity index (χ1n) is 5.54. The molecule has 1 unspecified atom stereocenters. The lowest BCUT2D eigenvalue weighted by atomic mass is 10.1. The fraction of sp³-hybridized carbons (Fsp3) is 0.417. The number of hydrogen-bond donors (Lipinski definition) is 2. The second kappa shape index (κ2) is 4.63. The van der Waals surface area contributed by atoms with E-state index in [-0.39, 0.29) is 11.8 Å². The summed E-state index contributed by atoms with van der Waals surface area (Å²) in [5.74, 6) is 0.426. The minimum Gasteiger partial charge on any atom is -0.330 e. The number of anilines is 1. The Hall–Kier alpha value is -1.39. The quantitative estimate of drug-likeness (QED) is 0.775. The van der Waals surface area contributed by atoms with Crippen molar-refractivity contribution in [2.24, 2.45) is 17.4 Å². The first-order chi connectivity index (χ1) is 7.76. The zero-order chi connectivity index (χ0) is 11.5. The predicted octanol–water partition coefficient (Wildman–Crippen LogP) is 0.457. The number of carbonyl (C=O) groups is 1. The summed E-state index contributed by atoms with van der Waals surface area (Å²) in [5.41, 5.74) is 13.2. The average Bonchev–Trinajstić information content (AvgIpc) is 2.70. The van der Waals surface area contributed by atoms with E-state index >= 15 is 0 Å². The Morgan fingerprint density at radius 1 is 1.31 bits per heavy atom. The lowest BCUT2D eigenvalue weighted by molar-refractivity contribution is -0.117. The molecule has 16 heavy (non-hydrogen) atoms. The molecule has 1 fully saturated rings. The lowest BCUT2D eigenvalue weighted by Crippen LogP contribution is -2.27. The first kappa shape index (κ1) is 11.1. The van der Waals surface area contributed by atoms with Crippen LogP contribution in [0, 0.1) is 5.92 Å². The topological polar surface area (TPSA) is 72.3 Å². The molecule has 4 nitrogen and oxygen atoms in total. The van der Waals surface area contributed by atoms with Gasteiger partial charge in [0, 0.05) is 25.2 Å². The van der Waals surface area contributed by atoms with Crippen molar-refractivity contribution in [3.63, 3.8) is 0 Å². The van der Waals surface area contributed by atoms with Crippen LogP contribution in [0.25, 0.3) is 0 Å². The molecule has 1 aromatic carbocycles. The van der Waals surface area contributed by atoms with E-state index in [1.54, 1.807) is 4.90 Å². The van der Waals surface area contributed by atoms with Crippen molar-refractivity contribution in [2.75, 3.05) is 18.0 Å². The highest BCUT2D eigenvalue weighted by Crippen LogP contribution is 2.27. The van der Waals surface area contributed by atoms with E-state index < -0.39 is 0 Å². The van der Waals surface area contributed by atoms with Crippen LogP contribution in [0.1, 0.15) is 12.0 Å². The zero-order valence-corrected chi connectivity index (χ0v) is 9.23. The number of rotatable bonds is 3. The van der Waals surface area contributed by atoms with E-state index in [1.807, 2.05) is 24.3 Å². The second-order valence-electron chi connectivity index (χ2n) is 4.14. The molecule has 0 aromatic heterocycles. The summed E-state index contributed by atoms with van der Waals surface area (Å²) in [6, 6.07) is 7.77. The maximum atomic E-state index is 11.8. The number of para-hydroxylation sites is 1. The van der Waals surface area contributed by atoms with E-state index in [9.17, 15) is 4.79 Å². The molecule has 1 aliphatic heterocycles. The van der Waals surface area contributed by atoms with Crippen LogP contribution >= 0.6 is 0 Å². The third-order valence-electron chi connectivity index (χ3n) is 3.04. The molecule has 1 aliphatic rings.